The first-order valence-corrected chi connectivity index (χ1v) is 8.92. The molecular formula is C23H25NO2. The van der Waals surface area contributed by atoms with Gasteiger partial charge in [-0.25, -0.2) is 0 Å². The second-order valence-corrected chi connectivity index (χ2v) is 6.34. The summed E-state index contributed by atoms with van der Waals surface area (Å²) in [5.74, 6) is -0.0864. The Balaban J connectivity index is 2.15. The number of rotatable bonds is 8. The molecule has 1 unspecified atom stereocenters. The van der Waals surface area contributed by atoms with Crippen LogP contribution in [0.25, 0.3) is 12.2 Å². The van der Waals surface area contributed by atoms with Gasteiger partial charge in [-0.05, 0) is 29.2 Å². The van der Waals surface area contributed by atoms with Gasteiger partial charge in [0, 0.05) is 12.5 Å². The fourth-order valence-corrected chi connectivity index (χ4v) is 2.38. The molecule has 0 aliphatic carbocycles. The topological polar surface area (TPSA) is 46.2 Å². The molecule has 26 heavy (non-hydrogen) atoms. The molecule has 0 saturated carbocycles. The first-order chi connectivity index (χ1) is 12.6. The number of allylic oxidation sites excluding steroid dienone is 1. The van der Waals surface area contributed by atoms with Crippen molar-refractivity contribution in [3.05, 3.63) is 83.6 Å². The number of nitrogens with one attached hydrogen (secondary N) is 1. The maximum absolute atomic E-state index is 12.6. The van der Waals surface area contributed by atoms with Crippen molar-refractivity contribution in [2.24, 2.45) is 5.92 Å². The van der Waals surface area contributed by atoms with Crippen molar-refractivity contribution in [1.29, 1.82) is 0 Å². The highest BCUT2D eigenvalue weighted by Crippen LogP contribution is 2.13. The van der Waals surface area contributed by atoms with Crippen LogP contribution in [0.1, 0.15) is 37.8 Å². The van der Waals surface area contributed by atoms with Crippen LogP contribution in [-0.2, 0) is 9.59 Å². The van der Waals surface area contributed by atoms with Crippen LogP contribution in [0.2, 0.25) is 0 Å². The van der Waals surface area contributed by atoms with Crippen LogP contribution in [0.3, 0.4) is 0 Å². The van der Waals surface area contributed by atoms with E-state index in [0.717, 1.165) is 17.5 Å². The predicted molar refractivity (Wildman–Crippen MR) is 107 cm³/mol. The second-order valence-electron chi connectivity index (χ2n) is 6.34. The molecule has 3 nitrogen and oxygen atoms in total. The van der Waals surface area contributed by atoms with E-state index in [1.165, 1.54) is 6.08 Å². The molecule has 2 aromatic rings. The monoisotopic (exact) mass is 347 g/mol. The molecule has 0 heterocycles. The van der Waals surface area contributed by atoms with E-state index < -0.39 is 0 Å². The maximum Gasteiger partial charge on any atom is 0.248 e. The van der Waals surface area contributed by atoms with Gasteiger partial charge in [0.25, 0.3) is 0 Å². The molecule has 134 valence electrons. The van der Waals surface area contributed by atoms with E-state index in [0.29, 0.717) is 12.1 Å². The van der Waals surface area contributed by atoms with Gasteiger partial charge >= 0.3 is 0 Å². The lowest BCUT2D eigenvalue weighted by atomic mass is 9.99. The standard InChI is InChI=1S/C23H25NO2/c1-3-18(2)16-22(25)21(17-20-12-8-5-9-13-20)24-23(26)15-14-19-10-6-4-7-11-19/h4-15,17-18H,3,16H2,1-2H3,(H,24,26)/b15-14+,21-17-. The summed E-state index contributed by atoms with van der Waals surface area (Å²) in [5.41, 5.74) is 2.15. The molecule has 1 amide bonds. The van der Waals surface area contributed by atoms with Crippen LogP contribution in [0.4, 0.5) is 0 Å². The first kappa shape index (κ1) is 19.4. The molecule has 0 saturated heterocycles. The highest BCUT2D eigenvalue weighted by atomic mass is 16.2. The van der Waals surface area contributed by atoms with Gasteiger partial charge in [-0.15, -0.1) is 0 Å². The minimum absolute atomic E-state index is 0.0512. The average molecular weight is 347 g/mol. The lowest BCUT2D eigenvalue weighted by Gasteiger charge is -2.11. The second kappa shape index (κ2) is 10.1. The number of hydrogen-bond donors (Lipinski definition) is 1. The van der Waals surface area contributed by atoms with Gasteiger partial charge in [0.1, 0.15) is 0 Å². The van der Waals surface area contributed by atoms with E-state index in [2.05, 4.69) is 12.2 Å². The molecule has 0 aliphatic rings. The van der Waals surface area contributed by atoms with Crippen LogP contribution in [0.5, 0.6) is 0 Å². The van der Waals surface area contributed by atoms with Gasteiger partial charge in [-0.1, -0.05) is 80.9 Å². The summed E-state index contributed by atoms with van der Waals surface area (Å²) in [4.78, 5) is 24.9. The lowest BCUT2D eigenvalue weighted by Crippen LogP contribution is -2.26. The Labute approximate surface area is 155 Å². The highest BCUT2D eigenvalue weighted by molar-refractivity contribution is 6.05. The molecule has 0 radical (unpaired) electrons. The fraction of sp³-hybridized carbons (Fsp3) is 0.217. The van der Waals surface area contributed by atoms with E-state index in [4.69, 9.17) is 0 Å². The van der Waals surface area contributed by atoms with Crippen molar-refractivity contribution < 1.29 is 9.59 Å². The van der Waals surface area contributed by atoms with Crippen LogP contribution in [0.15, 0.2) is 72.4 Å². The largest absolute Gasteiger partial charge is 0.319 e. The van der Waals surface area contributed by atoms with Crippen molar-refractivity contribution in [2.45, 2.75) is 26.7 Å². The summed E-state index contributed by atoms with van der Waals surface area (Å²) < 4.78 is 0. The highest BCUT2D eigenvalue weighted by Gasteiger charge is 2.14. The number of ketones is 1. The number of carbonyl (C=O) groups is 2. The Morgan fingerprint density at radius 3 is 2.12 bits per heavy atom. The van der Waals surface area contributed by atoms with E-state index >= 15 is 0 Å². The van der Waals surface area contributed by atoms with Crippen molar-refractivity contribution >= 4 is 23.8 Å². The molecule has 1 N–H and O–H groups in total. The zero-order chi connectivity index (χ0) is 18.8. The maximum atomic E-state index is 12.6. The summed E-state index contributed by atoms with van der Waals surface area (Å²) in [5, 5.41) is 2.75. The van der Waals surface area contributed by atoms with Crippen LogP contribution < -0.4 is 5.32 Å². The molecule has 0 aromatic heterocycles. The van der Waals surface area contributed by atoms with E-state index in [-0.39, 0.29) is 17.6 Å². The minimum atomic E-state index is -0.312. The molecule has 2 rings (SSSR count). The van der Waals surface area contributed by atoms with Gasteiger partial charge in [0.15, 0.2) is 5.78 Å². The van der Waals surface area contributed by atoms with Gasteiger partial charge in [0.05, 0.1) is 5.70 Å². The predicted octanol–water partition coefficient (Wildman–Crippen LogP) is 4.86. The normalized spacial score (nSPS) is 12.8. The fourth-order valence-electron chi connectivity index (χ4n) is 2.38. The third-order valence-electron chi connectivity index (χ3n) is 4.13. The Hall–Kier alpha value is -2.94. The Bertz CT molecular complexity index is 776. The van der Waals surface area contributed by atoms with Crippen LogP contribution in [-0.4, -0.2) is 11.7 Å². The number of benzene rings is 2. The van der Waals surface area contributed by atoms with E-state index in [1.807, 2.05) is 67.6 Å². The molecule has 2 aromatic carbocycles. The van der Waals surface area contributed by atoms with Gasteiger partial charge < -0.3 is 5.32 Å². The van der Waals surface area contributed by atoms with Crippen molar-refractivity contribution in [3.8, 4) is 0 Å². The number of hydrogen-bond acceptors (Lipinski definition) is 2. The number of amides is 1. The zero-order valence-electron chi connectivity index (χ0n) is 15.3. The van der Waals surface area contributed by atoms with Gasteiger partial charge in [0.2, 0.25) is 5.91 Å². The third kappa shape index (κ3) is 6.52. The molecule has 0 spiro atoms. The quantitative estimate of drug-likeness (QED) is 0.693. The summed E-state index contributed by atoms with van der Waals surface area (Å²) >= 11 is 0. The lowest BCUT2D eigenvalue weighted by molar-refractivity contribution is -0.120. The van der Waals surface area contributed by atoms with Crippen molar-refractivity contribution in [3.63, 3.8) is 0 Å². The minimum Gasteiger partial charge on any atom is -0.319 e. The summed E-state index contributed by atoms with van der Waals surface area (Å²) in [7, 11) is 0. The SMILES string of the molecule is CCC(C)CC(=O)/C(=C/c1ccccc1)NC(=O)/C=C/c1ccccc1. The van der Waals surface area contributed by atoms with Gasteiger partial charge in [-0.2, -0.15) is 0 Å². The molecular weight excluding hydrogens is 322 g/mol. The van der Waals surface area contributed by atoms with E-state index in [9.17, 15) is 9.59 Å². The molecule has 1 atom stereocenters. The molecule has 3 heteroatoms. The summed E-state index contributed by atoms with van der Waals surface area (Å²) in [6, 6.07) is 19.1. The van der Waals surface area contributed by atoms with Gasteiger partial charge in [-0.3, -0.25) is 9.59 Å². The number of carbonyl (C=O) groups excluding carboxylic acids is 2. The number of Topliss-reactive ketones (excluding diaryl/α,β-unsaturated/α-hetero) is 1. The average Bonchev–Trinajstić information content (AvgIpc) is 2.67. The Kier molecular flexibility index (Phi) is 7.56. The molecule has 0 aliphatic heterocycles. The van der Waals surface area contributed by atoms with Crippen molar-refractivity contribution in [2.75, 3.05) is 0 Å². The molecule has 0 bridgehead atoms. The Morgan fingerprint density at radius 2 is 1.54 bits per heavy atom. The van der Waals surface area contributed by atoms with Crippen LogP contribution >= 0.6 is 0 Å². The van der Waals surface area contributed by atoms with E-state index in [1.54, 1.807) is 12.2 Å². The van der Waals surface area contributed by atoms with Crippen molar-refractivity contribution in [1.82, 2.24) is 5.32 Å². The first-order valence-electron chi connectivity index (χ1n) is 8.92. The zero-order valence-corrected chi connectivity index (χ0v) is 15.3. The Morgan fingerprint density at radius 1 is 0.962 bits per heavy atom. The summed E-state index contributed by atoms with van der Waals surface area (Å²) in [6.45, 7) is 4.09. The summed E-state index contributed by atoms with van der Waals surface area (Å²) in [6.07, 6.45) is 6.25. The smallest absolute Gasteiger partial charge is 0.248 e. The van der Waals surface area contributed by atoms with Crippen LogP contribution in [0, 0.1) is 5.92 Å². The molecule has 0 fully saturated rings. The third-order valence-corrected chi connectivity index (χ3v) is 4.13.